The number of nitrogens with one attached hydrogen (secondary N) is 1. The number of fused-ring (bicyclic) bond motifs is 1. The smallest absolute Gasteiger partial charge is 0.340 e. The number of ether oxygens (including phenoxy) is 1. The largest absolute Gasteiger partial charge is 0.387 e. The van der Waals surface area contributed by atoms with Crippen LogP contribution in [0.15, 0.2) is 48.5 Å². The highest BCUT2D eigenvalue weighted by molar-refractivity contribution is 7.70. The van der Waals surface area contributed by atoms with E-state index in [2.05, 4.69) is 19.8 Å². The number of halogens is 2. The Morgan fingerprint density at radius 1 is 1.11 bits per heavy atom. The molecule has 194 valence electrons. The van der Waals surface area contributed by atoms with E-state index in [1.807, 2.05) is 30.3 Å². The van der Waals surface area contributed by atoms with E-state index in [0.717, 1.165) is 5.56 Å². The van der Waals surface area contributed by atoms with E-state index in [0.29, 0.717) is 28.8 Å². The molecule has 0 spiro atoms. The molecule has 4 rings (SSSR count). The van der Waals surface area contributed by atoms with E-state index in [4.69, 9.17) is 26.1 Å². The lowest BCUT2D eigenvalue weighted by molar-refractivity contribution is -0.0183. The number of hydrogen-bond donors (Lipinski definition) is 5. The van der Waals surface area contributed by atoms with Gasteiger partial charge in [0.2, 0.25) is 5.28 Å². The van der Waals surface area contributed by atoms with Crippen LogP contribution in [0.4, 0.5) is 10.2 Å². The van der Waals surface area contributed by atoms with Crippen LogP contribution in [0.1, 0.15) is 17.2 Å². The molecule has 1 aliphatic heterocycles. The molecule has 15 heteroatoms. The van der Waals surface area contributed by atoms with Crippen LogP contribution in [0.25, 0.3) is 10.9 Å². The Morgan fingerprint density at radius 2 is 1.83 bits per heavy atom. The van der Waals surface area contributed by atoms with Crippen LogP contribution in [0.5, 0.6) is 0 Å². The van der Waals surface area contributed by atoms with Gasteiger partial charge in [-0.15, -0.1) is 0 Å². The first-order chi connectivity index (χ1) is 16.9. The first kappa shape index (κ1) is 27.1. The maximum Gasteiger partial charge on any atom is 0.340 e. The SMILES string of the molecule is O=P(O)(O)CP(=O)(O)OC[C@H]1OC(c2ccc3c(NCc4ccccc4)nc(Cl)nc3c2)[C@@H](F)[C@@H]1O. The number of rotatable bonds is 9. The van der Waals surface area contributed by atoms with Crippen molar-refractivity contribution in [3.8, 4) is 0 Å². The summed E-state index contributed by atoms with van der Waals surface area (Å²) in [5.41, 5.74) is 1.74. The van der Waals surface area contributed by atoms with Crippen LogP contribution in [0.3, 0.4) is 0 Å². The van der Waals surface area contributed by atoms with Gasteiger partial charge in [-0.1, -0.05) is 36.4 Å². The van der Waals surface area contributed by atoms with Crippen LogP contribution in [0.2, 0.25) is 5.28 Å². The topological polar surface area (TPSA) is 171 Å². The summed E-state index contributed by atoms with van der Waals surface area (Å²) in [6.07, 6.45) is -6.23. The molecule has 2 aromatic carbocycles. The highest BCUT2D eigenvalue weighted by atomic mass is 35.5. The molecule has 2 unspecified atom stereocenters. The number of alkyl halides is 1. The second-order valence-corrected chi connectivity index (χ2v) is 12.6. The molecule has 0 bridgehead atoms. The summed E-state index contributed by atoms with van der Waals surface area (Å²) < 4.78 is 48.0. The van der Waals surface area contributed by atoms with Crippen molar-refractivity contribution in [1.82, 2.24) is 9.97 Å². The summed E-state index contributed by atoms with van der Waals surface area (Å²) >= 11 is 6.09. The van der Waals surface area contributed by atoms with Gasteiger partial charge in [-0.25, -0.2) is 14.4 Å². The van der Waals surface area contributed by atoms with Crippen molar-refractivity contribution in [2.75, 3.05) is 17.8 Å². The molecule has 0 radical (unpaired) electrons. The Morgan fingerprint density at radius 3 is 2.53 bits per heavy atom. The van der Waals surface area contributed by atoms with Crippen molar-refractivity contribution in [2.45, 2.75) is 31.0 Å². The molecule has 2 heterocycles. The summed E-state index contributed by atoms with van der Waals surface area (Å²) in [4.78, 5) is 35.8. The van der Waals surface area contributed by atoms with E-state index >= 15 is 0 Å². The first-order valence-electron chi connectivity index (χ1n) is 10.7. The first-order valence-corrected chi connectivity index (χ1v) is 14.6. The summed E-state index contributed by atoms with van der Waals surface area (Å²) in [6, 6.07) is 14.4. The molecule has 1 fully saturated rings. The standard InChI is InChI=1S/C21H23ClFN3O8P2/c22-21-25-15-8-13(6-7-14(15)20(26-21)24-9-12-4-2-1-3-5-12)19-17(23)18(27)16(34-19)10-33-36(31,32)11-35(28,29)30/h1-8,16-19,27H,9-11H2,(H,31,32)(H,24,25,26)(H2,28,29,30)/t16-,17+,18-,19?/m1/s1. The number of aliphatic hydroxyl groups excluding tert-OH is 1. The van der Waals surface area contributed by atoms with Crippen LogP contribution >= 0.6 is 26.8 Å². The summed E-state index contributed by atoms with van der Waals surface area (Å²) in [5.74, 6) is -0.934. The van der Waals surface area contributed by atoms with Gasteiger partial charge in [0.25, 0.3) is 0 Å². The van der Waals surface area contributed by atoms with Crippen LogP contribution < -0.4 is 5.32 Å². The minimum atomic E-state index is -4.83. The van der Waals surface area contributed by atoms with Gasteiger partial charge in [-0.3, -0.25) is 9.13 Å². The lowest BCUT2D eigenvalue weighted by Crippen LogP contribution is -2.31. The van der Waals surface area contributed by atoms with Crippen molar-refractivity contribution in [2.24, 2.45) is 0 Å². The average Bonchev–Trinajstić information content (AvgIpc) is 3.08. The molecular formula is C21H23ClFN3O8P2. The van der Waals surface area contributed by atoms with E-state index in [1.54, 1.807) is 12.1 Å². The van der Waals surface area contributed by atoms with Gasteiger partial charge in [-0.2, -0.15) is 0 Å². The molecule has 11 nitrogen and oxygen atoms in total. The summed E-state index contributed by atoms with van der Waals surface area (Å²) in [5, 5.41) is 14.0. The number of aliphatic hydroxyl groups is 1. The van der Waals surface area contributed by atoms with Crippen LogP contribution in [-0.2, 0) is 24.9 Å². The molecule has 1 aliphatic rings. The minimum absolute atomic E-state index is 0.0329. The number of nitrogens with zero attached hydrogens (tertiary/aromatic N) is 2. The molecule has 3 aromatic rings. The molecular weight excluding hydrogens is 539 g/mol. The second-order valence-electron chi connectivity index (χ2n) is 8.23. The molecule has 1 saturated heterocycles. The maximum atomic E-state index is 14.9. The van der Waals surface area contributed by atoms with E-state index < -0.39 is 52.2 Å². The molecule has 36 heavy (non-hydrogen) atoms. The molecule has 1 aromatic heterocycles. The maximum absolute atomic E-state index is 14.9. The van der Waals surface area contributed by atoms with Gasteiger partial charge < -0.3 is 34.4 Å². The monoisotopic (exact) mass is 561 g/mol. The van der Waals surface area contributed by atoms with Crippen molar-refractivity contribution in [1.29, 1.82) is 0 Å². The number of hydrogen-bond acceptors (Lipinski definition) is 8. The fourth-order valence-electron chi connectivity index (χ4n) is 3.80. The Bertz CT molecular complexity index is 1330. The van der Waals surface area contributed by atoms with Crippen LogP contribution in [-0.4, -0.2) is 60.6 Å². The minimum Gasteiger partial charge on any atom is -0.387 e. The molecule has 0 amide bonds. The third kappa shape index (κ3) is 6.66. The quantitative estimate of drug-likeness (QED) is 0.191. The van der Waals surface area contributed by atoms with Gasteiger partial charge in [0, 0.05) is 11.9 Å². The predicted molar refractivity (Wildman–Crippen MR) is 130 cm³/mol. The Labute approximate surface area is 210 Å². The van der Waals surface area contributed by atoms with Gasteiger partial charge in [-0.05, 0) is 34.9 Å². The normalized spacial score (nSPS) is 24.1. The molecule has 5 atom stereocenters. The number of benzene rings is 2. The molecule has 0 aliphatic carbocycles. The van der Waals surface area contributed by atoms with Crippen molar-refractivity contribution in [3.05, 3.63) is 64.9 Å². The van der Waals surface area contributed by atoms with E-state index in [1.165, 1.54) is 6.07 Å². The van der Waals surface area contributed by atoms with Crippen molar-refractivity contribution >= 4 is 43.5 Å². The Hall–Kier alpha value is -1.98. The van der Waals surface area contributed by atoms with E-state index in [9.17, 15) is 23.5 Å². The zero-order valence-corrected chi connectivity index (χ0v) is 21.1. The van der Waals surface area contributed by atoms with E-state index in [-0.39, 0.29) is 5.28 Å². The fraction of sp³-hybridized carbons (Fsp3) is 0.333. The lowest BCUT2D eigenvalue weighted by Gasteiger charge is -2.18. The second kappa shape index (κ2) is 10.8. The third-order valence-corrected chi connectivity index (χ3v) is 9.07. The van der Waals surface area contributed by atoms with Gasteiger partial charge >= 0.3 is 15.2 Å². The van der Waals surface area contributed by atoms with Gasteiger partial charge in [0.15, 0.2) is 12.1 Å². The fourth-order valence-corrected chi connectivity index (χ4v) is 6.55. The molecule has 5 N–H and O–H groups in total. The number of aromatic nitrogens is 2. The van der Waals surface area contributed by atoms with Crippen molar-refractivity contribution < 1.29 is 42.6 Å². The summed E-state index contributed by atoms with van der Waals surface area (Å²) in [6.45, 7) is -0.269. The highest BCUT2D eigenvalue weighted by Gasteiger charge is 2.46. The molecule has 0 saturated carbocycles. The highest BCUT2D eigenvalue weighted by Crippen LogP contribution is 2.55. The number of anilines is 1. The zero-order chi connectivity index (χ0) is 26.1. The lowest BCUT2D eigenvalue weighted by atomic mass is 10.0. The van der Waals surface area contributed by atoms with Crippen molar-refractivity contribution in [3.63, 3.8) is 0 Å². The zero-order valence-electron chi connectivity index (χ0n) is 18.5. The van der Waals surface area contributed by atoms with Crippen LogP contribution in [0, 0.1) is 0 Å². The average molecular weight is 562 g/mol. The Balaban J connectivity index is 1.50. The van der Waals surface area contributed by atoms with Gasteiger partial charge in [0.05, 0.1) is 12.1 Å². The predicted octanol–water partition coefficient (Wildman–Crippen LogP) is 3.37. The van der Waals surface area contributed by atoms with Gasteiger partial charge in [0.1, 0.15) is 24.1 Å². The summed E-state index contributed by atoms with van der Waals surface area (Å²) in [7, 11) is -9.53. The third-order valence-electron chi connectivity index (χ3n) is 5.45. The Kier molecular flexibility index (Phi) is 8.11.